The van der Waals surface area contributed by atoms with Crippen LogP contribution in [0.25, 0.3) is 17.1 Å². The summed E-state index contributed by atoms with van der Waals surface area (Å²) in [4.78, 5) is 8.66. The Hall–Kier alpha value is -2.21. The molecular weight excluding hydrogens is 244 g/mol. The quantitative estimate of drug-likeness (QED) is 0.700. The molecule has 0 N–H and O–H groups in total. The Kier molecular flexibility index (Phi) is 2.34. The Labute approximate surface area is 109 Å². The van der Waals surface area contributed by atoms with E-state index >= 15 is 0 Å². The molecule has 1 aliphatic rings. The van der Waals surface area contributed by atoms with Gasteiger partial charge in [-0.05, 0) is 18.6 Å². The SMILES string of the molecule is c1cn2cc(-c3nc(C4CCOC4)no3)ccc2n1. The lowest BCUT2D eigenvalue weighted by Crippen LogP contribution is -1.99. The van der Waals surface area contributed by atoms with E-state index in [1.54, 1.807) is 6.20 Å². The third-order valence-corrected chi connectivity index (χ3v) is 3.37. The van der Waals surface area contributed by atoms with Gasteiger partial charge in [0.15, 0.2) is 5.82 Å². The average Bonchev–Trinajstić information content (AvgIpc) is 3.18. The molecule has 96 valence electrons. The predicted octanol–water partition coefficient (Wildman–Crippen LogP) is 1.89. The van der Waals surface area contributed by atoms with Crippen LogP contribution < -0.4 is 0 Å². The molecule has 0 amide bonds. The number of pyridine rings is 1. The highest BCUT2D eigenvalue weighted by Gasteiger charge is 2.23. The van der Waals surface area contributed by atoms with E-state index in [-0.39, 0.29) is 5.92 Å². The highest BCUT2D eigenvalue weighted by molar-refractivity contribution is 5.55. The average molecular weight is 256 g/mol. The minimum atomic E-state index is 0.259. The van der Waals surface area contributed by atoms with Gasteiger partial charge in [-0.2, -0.15) is 4.98 Å². The molecule has 1 fully saturated rings. The standard InChI is InChI=1S/C13H12N4O2/c1-2-11-14-4-5-17(11)7-9(1)13-15-12(16-19-13)10-3-6-18-8-10/h1-2,4-5,7,10H,3,6,8H2. The van der Waals surface area contributed by atoms with Crippen molar-refractivity contribution < 1.29 is 9.26 Å². The van der Waals surface area contributed by atoms with Crippen molar-refractivity contribution in [1.29, 1.82) is 0 Å². The second kappa shape index (κ2) is 4.17. The van der Waals surface area contributed by atoms with E-state index in [9.17, 15) is 0 Å². The van der Waals surface area contributed by atoms with Crippen LogP contribution in [0.3, 0.4) is 0 Å². The Morgan fingerprint density at radius 1 is 1.32 bits per heavy atom. The fourth-order valence-corrected chi connectivity index (χ4v) is 2.30. The van der Waals surface area contributed by atoms with Crippen LogP contribution in [0.15, 0.2) is 35.2 Å². The van der Waals surface area contributed by atoms with Gasteiger partial charge in [0.05, 0.1) is 12.2 Å². The van der Waals surface area contributed by atoms with Gasteiger partial charge in [0, 0.05) is 31.1 Å². The van der Waals surface area contributed by atoms with Gasteiger partial charge < -0.3 is 13.7 Å². The highest BCUT2D eigenvalue weighted by atomic mass is 16.5. The van der Waals surface area contributed by atoms with Crippen molar-refractivity contribution in [3.63, 3.8) is 0 Å². The maximum absolute atomic E-state index is 5.34. The molecule has 0 spiro atoms. The summed E-state index contributed by atoms with van der Waals surface area (Å²) in [5.74, 6) is 1.53. The molecule has 0 radical (unpaired) electrons. The van der Waals surface area contributed by atoms with Crippen LogP contribution in [-0.2, 0) is 4.74 Å². The number of imidazole rings is 1. The first-order valence-electron chi connectivity index (χ1n) is 6.24. The zero-order valence-corrected chi connectivity index (χ0v) is 10.2. The molecular formula is C13H12N4O2. The highest BCUT2D eigenvalue weighted by Crippen LogP contribution is 2.25. The lowest BCUT2D eigenvalue weighted by atomic mass is 10.1. The number of hydrogen-bond donors (Lipinski definition) is 0. The van der Waals surface area contributed by atoms with Gasteiger partial charge in [-0.25, -0.2) is 4.98 Å². The number of rotatable bonds is 2. The molecule has 19 heavy (non-hydrogen) atoms. The Morgan fingerprint density at radius 2 is 2.32 bits per heavy atom. The van der Waals surface area contributed by atoms with Crippen LogP contribution in [0.4, 0.5) is 0 Å². The van der Waals surface area contributed by atoms with Gasteiger partial charge >= 0.3 is 0 Å². The molecule has 0 aromatic carbocycles. The van der Waals surface area contributed by atoms with Crippen molar-refractivity contribution in [3.8, 4) is 11.5 Å². The summed E-state index contributed by atoms with van der Waals surface area (Å²) in [6.45, 7) is 1.45. The first-order valence-corrected chi connectivity index (χ1v) is 6.24. The van der Waals surface area contributed by atoms with Crippen molar-refractivity contribution in [1.82, 2.24) is 19.5 Å². The third-order valence-electron chi connectivity index (χ3n) is 3.37. The molecule has 0 aliphatic carbocycles. The molecule has 3 aromatic rings. The molecule has 1 aliphatic heterocycles. The maximum atomic E-state index is 5.34. The summed E-state index contributed by atoms with van der Waals surface area (Å²) in [5, 5.41) is 4.05. The molecule has 0 bridgehead atoms. The lowest BCUT2D eigenvalue weighted by Gasteiger charge is -1.98. The minimum Gasteiger partial charge on any atom is -0.381 e. The van der Waals surface area contributed by atoms with Gasteiger partial charge in [-0.1, -0.05) is 5.16 Å². The normalized spacial score (nSPS) is 19.3. The van der Waals surface area contributed by atoms with Crippen LogP contribution in [0.2, 0.25) is 0 Å². The summed E-state index contributed by atoms with van der Waals surface area (Å²) >= 11 is 0. The number of nitrogens with zero attached hydrogens (tertiary/aromatic N) is 4. The van der Waals surface area contributed by atoms with E-state index < -0.39 is 0 Å². The van der Waals surface area contributed by atoms with Crippen LogP contribution >= 0.6 is 0 Å². The van der Waals surface area contributed by atoms with E-state index in [2.05, 4.69) is 15.1 Å². The van der Waals surface area contributed by atoms with Gasteiger partial charge in [-0.3, -0.25) is 0 Å². The summed E-state index contributed by atoms with van der Waals surface area (Å²) in [6.07, 6.45) is 6.54. The Bertz CT molecular complexity index is 712. The second-order valence-electron chi connectivity index (χ2n) is 4.63. The van der Waals surface area contributed by atoms with Crippen molar-refractivity contribution >= 4 is 5.65 Å². The van der Waals surface area contributed by atoms with Crippen molar-refractivity contribution in [2.45, 2.75) is 12.3 Å². The summed E-state index contributed by atoms with van der Waals surface area (Å²) in [6, 6.07) is 3.86. The predicted molar refractivity (Wildman–Crippen MR) is 66.7 cm³/mol. The Balaban J connectivity index is 1.70. The number of ether oxygens (including phenoxy) is 1. The maximum Gasteiger partial charge on any atom is 0.259 e. The van der Waals surface area contributed by atoms with Crippen LogP contribution in [0.1, 0.15) is 18.2 Å². The first kappa shape index (κ1) is 10.7. The fourth-order valence-electron chi connectivity index (χ4n) is 2.30. The van der Waals surface area contributed by atoms with E-state index in [0.717, 1.165) is 30.1 Å². The first-order chi connectivity index (χ1) is 9.40. The summed E-state index contributed by atoms with van der Waals surface area (Å²) in [5.41, 5.74) is 1.79. The zero-order valence-electron chi connectivity index (χ0n) is 10.2. The molecule has 4 rings (SSSR count). The fraction of sp³-hybridized carbons (Fsp3) is 0.308. The van der Waals surface area contributed by atoms with Crippen molar-refractivity contribution in [2.75, 3.05) is 13.2 Å². The van der Waals surface area contributed by atoms with Gasteiger partial charge in [0.25, 0.3) is 5.89 Å². The topological polar surface area (TPSA) is 65.5 Å². The van der Waals surface area contributed by atoms with Crippen molar-refractivity contribution in [2.24, 2.45) is 0 Å². The minimum absolute atomic E-state index is 0.259. The van der Waals surface area contributed by atoms with E-state index in [0.29, 0.717) is 12.5 Å². The number of fused-ring (bicyclic) bond motifs is 1. The van der Waals surface area contributed by atoms with Crippen LogP contribution in [-0.4, -0.2) is 32.7 Å². The smallest absolute Gasteiger partial charge is 0.259 e. The third kappa shape index (κ3) is 1.80. The van der Waals surface area contributed by atoms with E-state index in [1.807, 2.05) is 28.9 Å². The van der Waals surface area contributed by atoms with Gasteiger partial charge in [0.1, 0.15) is 5.65 Å². The lowest BCUT2D eigenvalue weighted by molar-refractivity contribution is 0.192. The number of hydrogen-bond acceptors (Lipinski definition) is 5. The molecule has 0 saturated carbocycles. The molecule has 3 aromatic heterocycles. The number of aromatic nitrogens is 4. The molecule has 1 saturated heterocycles. The molecule has 6 nitrogen and oxygen atoms in total. The van der Waals surface area contributed by atoms with Gasteiger partial charge in [-0.15, -0.1) is 0 Å². The van der Waals surface area contributed by atoms with Gasteiger partial charge in [0.2, 0.25) is 0 Å². The van der Waals surface area contributed by atoms with E-state index in [1.165, 1.54) is 0 Å². The van der Waals surface area contributed by atoms with Crippen LogP contribution in [0, 0.1) is 0 Å². The second-order valence-corrected chi connectivity index (χ2v) is 4.63. The molecule has 1 unspecified atom stereocenters. The Morgan fingerprint density at radius 3 is 3.21 bits per heavy atom. The van der Waals surface area contributed by atoms with E-state index in [4.69, 9.17) is 9.26 Å². The zero-order chi connectivity index (χ0) is 12.7. The van der Waals surface area contributed by atoms with Crippen molar-refractivity contribution in [3.05, 3.63) is 36.5 Å². The monoisotopic (exact) mass is 256 g/mol. The molecule has 6 heteroatoms. The van der Waals surface area contributed by atoms with Crippen LogP contribution in [0.5, 0.6) is 0 Å². The molecule has 1 atom stereocenters. The summed E-state index contributed by atoms with van der Waals surface area (Å²) < 4.78 is 12.6. The molecule has 4 heterocycles. The largest absolute Gasteiger partial charge is 0.381 e. The summed E-state index contributed by atoms with van der Waals surface area (Å²) in [7, 11) is 0.